The first kappa shape index (κ1) is 11.2. The van der Waals surface area contributed by atoms with Gasteiger partial charge in [0.2, 0.25) is 0 Å². The number of nitrogen functional groups attached to an aromatic ring is 1. The van der Waals surface area contributed by atoms with E-state index in [9.17, 15) is 4.79 Å². The Morgan fingerprint density at radius 1 is 1.33 bits per heavy atom. The van der Waals surface area contributed by atoms with Gasteiger partial charge in [0.05, 0.1) is 15.1 Å². The van der Waals surface area contributed by atoms with Gasteiger partial charge in [0.15, 0.2) is 5.13 Å². The minimum Gasteiger partial charge on any atom is -0.399 e. The van der Waals surface area contributed by atoms with Crippen molar-refractivity contribution in [3.63, 3.8) is 0 Å². The molecule has 90 valence electrons. The number of thiophene rings is 1. The number of hydrogen-bond acceptors (Lipinski definition) is 5. The molecule has 3 rings (SSSR count). The number of aromatic nitrogens is 1. The molecule has 0 saturated heterocycles. The third kappa shape index (κ3) is 2.07. The summed E-state index contributed by atoms with van der Waals surface area (Å²) >= 11 is 2.82. The van der Waals surface area contributed by atoms with E-state index in [-0.39, 0.29) is 5.91 Å². The maximum absolute atomic E-state index is 11.9. The van der Waals surface area contributed by atoms with Crippen molar-refractivity contribution in [3.05, 3.63) is 40.6 Å². The summed E-state index contributed by atoms with van der Waals surface area (Å²) in [5.41, 5.74) is 7.24. The van der Waals surface area contributed by atoms with Crippen LogP contribution in [0.15, 0.2) is 35.7 Å². The van der Waals surface area contributed by atoms with Crippen LogP contribution >= 0.6 is 22.7 Å². The maximum atomic E-state index is 11.9. The largest absolute Gasteiger partial charge is 0.399 e. The van der Waals surface area contributed by atoms with Crippen molar-refractivity contribution in [3.8, 4) is 0 Å². The Morgan fingerprint density at radius 2 is 2.22 bits per heavy atom. The van der Waals surface area contributed by atoms with E-state index in [2.05, 4.69) is 10.3 Å². The summed E-state index contributed by atoms with van der Waals surface area (Å²) in [7, 11) is 0. The van der Waals surface area contributed by atoms with E-state index in [0.717, 1.165) is 10.2 Å². The number of fused-ring (bicyclic) bond motifs is 1. The molecule has 0 atom stereocenters. The van der Waals surface area contributed by atoms with Crippen LogP contribution in [0.2, 0.25) is 0 Å². The van der Waals surface area contributed by atoms with Gasteiger partial charge in [-0.25, -0.2) is 4.98 Å². The van der Waals surface area contributed by atoms with Gasteiger partial charge in [-0.15, -0.1) is 11.3 Å². The summed E-state index contributed by atoms with van der Waals surface area (Å²) in [4.78, 5) is 16.9. The zero-order chi connectivity index (χ0) is 12.5. The van der Waals surface area contributed by atoms with Crippen molar-refractivity contribution in [2.45, 2.75) is 0 Å². The zero-order valence-electron chi connectivity index (χ0n) is 9.21. The standard InChI is InChI=1S/C12H9N3OS2/c13-7-3-4-8-10(6-7)18-12(14-8)15-11(16)9-2-1-5-17-9/h1-6H,13H2,(H,14,15,16). The van der Waals surface area contributed by atoms with Crippen molar-refractivity contribution < 1.29 is 4.79 Å². The first-order valence-corrected chi connectivity index (χ1v) is 6.93. The van der Waals surface area contributed by atoms with Crippen molar-refractivity contribution in [2.24, 2.45) is 0 Å². The van der Waals surface area contributed by atoms with Crippen LogP contribution in [0.1, 0.15) is 9.67 Å². The molecule has 4 nitrogen and oxygen atoms in total. The second-order valence-corrected chi connectivity index (χ2v) is 5.66. The SMILES string of the molecule is Nc1ccc2nc(NC(=O)c3cccs3)sc2c1. The molecule has 2 heterocycles. The molecule has 3 N–H and O–H groups in total. The molecule has 0 fully saturated rings. The second-order valence-electron chi connectivity index (χ2n) is 3.68. The van der Waals surface area contributed by atoms with Crippen LogP contribution in [0.3, 0.4) is 0 Å². The zero-order valence-corrected chi connectivity index (χ0v) is 10.8. The number of anilines is 2. The second kappa shape index (κ2) is 4.40. The van der Waals surface area contributed by atoms with Gasteiger partial charge in [0.1, 0.15) is 0 Å². The lowest BCUT2D eigenvalue weighted by Crippen LogP contribution is -2.09. The summed E-state index contributed by atoms with van der Waals surface area (Å²) in [6.45, 7) is 0. The Morgan fingerprint density at radius 3 is 3.00 bits per heavy atom. The number of rotatable bonds is 2. The van der Waals surface area contributed by atoms with Crippen LogP contribution < -0.4 is 11.1 Å². The minimum absolute atomic E-state index is 0.128. The van der Waals surface area contributed by atoms with Gasteiger partial charge in [0, 0.05) is 5.69 Å². The lowest BCUT2D eigenvalue weighted by atomic mass is 10.3. The smallest absolute Gasteiger partial charge is 0.267 e. The fraction of sp³-hybridized carbons (Fsp3) is 0. The van der Waals surface area contributed by atoms with Gasteiger partial charge in [0.25, 0.3) is 5.91 Å². The molecule has 2 aromatic heterocycles. The van der Waals surface area contributed by atoms with E-state index in [1.54, 1.807) is 12.1 Å². The van der Waals surface area contributed by atoms with Crippen LogP contribution in [0.4, 0.5) is 10.8 Å². The van der Waals surface area contributed by atoms with Gasteiger partial charge in [-0.1, -0.05) is 17.4 Å². The fourth-order valence-corrected chi connectivity index (χ4v) is 3.09. The van der Waals surface area contributed by atoms with Gasteiger partial charge in [-0.05, 0) is 29.6 Å². The highest BCUT2D eigenvalue weighted by Crippen LogP contribution is 2.28. The molecule has 18 heavy (non-hydrogen) atoms. The van der Waals surface area contributed by atoms with E-state index in [0.29, 0.717) is 15.7 Å². The molecule has 3 aromatic rings. The van der Waals surface area contributed by atoms with Crippen LogP contribution in [0.25, 0.3) is 10.2 Å². The number of hydrogen-bond donors (Lipinski definition) is 2. The molecule has 1 amide bonds. The molecule has 0 saturated carbocycles. The van der Waals surface area contributed by atoms with E-state index >= 15 is 0 Å². The summed E-state index contributed by atoms with van der Waals surface area (Å²) in [5, 5.41) is 5.25. The lowest BCUT2D eigenvalue weighted by molar-refractivity contribution is 0.103. The van der Waals surface area contributed by atoms with Gasteiger partial charge >= 0.3 is 0 Å². The molecule has 0 radical (unpaired) electrons. The summed E-state index contributed by atoms with van der Waals surface area (Å²) in [6.07, 6.45) is 0. The predicted molar refractivity (Wildman–Crippen MR) is 76.3 cm³/mol. The molecular formula is C12H9N3OS2. The Bertz CT molecular complexity index is 703. The van der Waals surface area contributed by atoms with E-state index in [4.69, 9.17) is 5.73 Å². The van der Waals surface area contributed by atoms with Crippen LogP contribution in [0.5, 0.6) is 0 Å². The number of benzene rings is 1. The van der Waals surface area contributed by atoms with Crippen molar-refractivity contribution in [1.29, 1.82) is 0 Å². The number of amides is 1. The first-order valence-electron chi connectivity index (χ1n) is 5.23. The molecule has 6 heteroatoms. The number of carbonyl (C=O) groups excluding carboxylic acids is 1. The number of thiazole rings is 1. The third-order valence-corrected chi connectivity index (χ3v) is 4.18. The normalized spacial score (nSPS) is 10.7. The summed E-state index contributed by atoms with van der Waals surface area (Å²) < 4.78 is 0.969. The van der Waals surface area contributed by atoms with Crippen LogP contribution in [-0.2, 0) is 0 Å². The molecular weight excluding hydrogens is 266 g/mol. The third-order valence-electron chi connectivity index (χ3n) is 2.38. The van der Waals surface area contributed by atoms with E-state index in [1.165, 1.54) is 22.7 Å². The monoisotopic (exact) mass is 275 g/mol. The highest BCUT2D eigenvalue weighted by molar-refractivity contribution is 7.22. The van der Waals surface area contributed by atoms with Crippen molar-refractivity contribution >= 4 is 49.6 Å². The number of carbonyl (C=O) groups is 1. The molecule has 0 spiro atoms. The molecule has 0 aliphatic rings. The quantitative estimate of drug-likeness (QED) is 0.706. The molecule has 1 aromatic carbocycles. The van der Waals surface area contributed by atoms with Crippen LogP contribution in [-0.4, -0.2) is 10.9 Å². The topological polar surface area (TPSA) is 68.0 Å². The molecule has 0 bridgehead atoms. The van der Waals surface area contributed by atoms with Gasteiger partial charge in [-0.3, -0.25) is 10.1 Å². The number of nitrogens with zero attached hydrogens (tertiary/aromatic N) is 1. The fourth-order valence-electron chi connectivity index (χ4n) is 1.56. The lowest BCUT2D eigenvalue weighted by Gasteiger charge is -1.96. The van der Waals surface area contributed by atoms with Crippen LogP contribution in [0, 0.1) is 0 Å². The Labute approximate surface area is 111 Å². The minimum atomic E-state index is -0.128. The van der Waals surface area contributed by atoms with Gasteiger partial charge in [-0.2, -0.15) is 0 Å². The average molecular weight is 275 g/mol. The van der Waals surface area contributed by atoms with Crippen molar-refractivity contribution in [1.82, 2.24) is 4.98 Å². The molecule has 0 aliphatic carbocycles. The summed E-state index contributed by atoms with van der Waals surface area (Å²) in [5.74, 6) is -0.128. The Hall–Kier alpha value is -1.92. The Kier molecular flexibility index (Phi) is 2.73. The predicted octanol–water partition coefficient (Wildman–Crippen LogP) is 3.19. The maximum Gasteiger partial charge on any atom is 0.267 e. The highest BCUT2D eigenvalue weighted by Gasteiger charge is 2.10. The Balaban J connectivity index is 1.89. The number of nitrogens with one attached hydrogen (secondary N) is 1. The first-order chi connectivity index (χ1) is 8.72. The van der Waals surface area contributed by atoms with Gasteiger partial charge < -0.3 is 5.73 Å². The average Bonchev–Trinajstić information content (AvgIpc) is 2.95. The van der Waals surface area contributed by atoms with Crippen molar-refractivity contribution in [2.75, 3.05) is 11.1 Å². The molecule has 0 aliphatic heterocycles. The summed E-state index contributed by atoms with van der Waals surface area (Å²) in [6, 6.07) is 9.13. The van der Waals surface area contributed by atoms with E-state index < -0.39 is 0 Å². The number of nitrogens with two attached hydrogens (primary N) is 1. The molecule has 0 unspecified atom stereocenters. The highest BCUT2D eigenvalue weighted by atomic mass is 32.1. The van der Waals surface area contributed by atoms with E-state index in [1.807, 2.05) is 23.6 Å².